The molecule has 1 aliphatic carbocycles. The average Bonchev–Trinajstić information content (AvgIpc) is 2.71. The minimum atomic E-state index is -0.581. The fourth-order valence-electron chi connectivity index (χ4n) is 2.12. The molecule has 0 saturated heterocycles. The van der Waals surface area contributed by atoms with E-state index in [4.69, 9.17) is 16.2 Å². The SMILES string of the molecule is NC(=O)C1=C(N)N(C2CCCC2)CO1. The Morgan fingerprint density at radius 3 is 2.57 bits per heavy atom. The third kappa shape index (κ3) is 1.38. The van der Waals surface area contributed by atoms with E-state index in [1.54, 1.807) is 0 Å². The highest BCUT2D eigenvalue weighted by atomic mass is 16.5. The largest absolute Gasteiger partial charge is 0.464 e. The molecule has 0 aromatic rings. The first-order valence-electron chi connectivity index (χ1n) is 4.89. The minimum Gasteiger partial charge on any atom is -0.464 e. The minimum absolute atomic E-state index is 0.122. The van der Waals surface area contributed by atoms with Gasteiger partial charge in [-0.3, -0.25) is 4.79 Å². The van der Waals surface area contributed by atoms with Gasteiger partial charge in [0.2, 0.25) is 5.76 Å². The van der Waals surface area contributed by atoms with Crippen LogP contribution >= 0.6 is 0 Å². The molecule has 0 aromatic heterocycles. The van der Waals surface area contributed by atoms with Crippen molar-refractivity contribution in [2.24, 2.45) is 11.5 Å². The van der Waals surface area contributed by atoms with Gasteiger partial charge in [-0.1, -0.05) is 12.8 Å². The van der Waals surface area contributed by atoms with Gasteiger partial charge < -0.3 is 21.1 Å². The van der Waals surface area contributed by atoms with Crippen LogP contribution in [0.4, 0.5) is 0 Å². The molecule has 0 aromatic carbocycles. The van der Waals surface area contributed by atoms with Gasteiger partial charge >= 0.3 is 0 Å². The summed E-state index contributed by atoms with van der Waals surface area (Å²) in [7, 11) is 0. The zero-order valence-electron chi connectivity index (χ0n) is 8.03. The van der Waals surface area contributed by atoms with Crippen LogP contribution < -0.4 is 11.5 Å². The van der Waals surface area contributed by atoms with Crippen LogP contribution in [0.3, 0.4) is 0 Å². The monoisotopic (exact) mass is 197 g/mol. The number of nitrogens with zero attached hydrogens (tertiary/aromatic N) is 1. The maximum Gasteiger partial charge on any atom is 0.287 e. The second-order valence-corrected chi connectivity index (χ2v) is 3.76. The number of hydrogen-bond acceptors (Lipinski definition) is 4. The van der Waals surface area contributed by atoms with E-state index in [0.29, 0.717) is 18.6 Å². The number of ether oxygens (including phenoxy) is 1. The number of primary amides is 1. The third-order valence-corrected chi connectivity index (χ3v) is 2.88. The van der Waals surface area contributed by atoms with Crippen LogP contribution in [0, 0.1) is 0 Å². The van der Waals surface area contributed by atoms with Crippen LogP contribution in [-0.4, -0.2) is 23.6 Å². The predicted molar refractivity (Wildman–Crippen MR) is 50.5 cm³/mol. The van der Waals surface area contributed by atoms with Gasteiger partial charge in [-0.2, -0.15) is 0 Å². The van der Waals surface area contributed by atoms with Gasteiger partial charge in [-0.05, 0) is 12.8 Å². The molecule has 1 amide bonds. The summed E-state index contributed by atoms with van der Waals surface area (Å²) in [5.74, 6) is -0.0516. The quantitative estimate of drug-likeness (QED) is 0.644. The zero-order valence-corrected chi connectivity index (χ0v) is 8.03. The summed E-state index contributed by atoms with van der Waals surface area (Å²) >= 11 is 0. The van der Waals surface area contributed by atoms with Crippen LogP contribution in [0.5, 0.6) is 0 Å². The Kier molecular flexibility index (Phi) is 2.23. The molecule has 0 unspecified atom stereocenters. The van der Waals surface area contributed by atoms with Crippen LogP contribution in [0.1, 0.15) is 25.7 Å². The maximum atomic E-state index is 10.9. The first kappa shape index (κ1) is 9.18. The van der Waals surface area contributed by atoms with Crippen molar-refractivity contribution in [1.29, 1.82) is 0 Å². The molecule has 4 N–H and O–H groups in total. The van der Waals surface area contributed by atoms with Crippen molar-refractivity contribution in [3.05, 3.63) is 11.6 Å². The van der Waals surface area contributed by atoms with Gasteiger partial charge in [0.15, 0.2) is 12.6 Å². The molecule has 78 valence electrons. The van der Waals surface area contributed by atoms with Gasteiger partial charge in [0.1, 0.15) is 0 Å². The number of amides is 1. The summed E-state index contributed by atoms with van der Waals surface area (Å²) in [6.07, 6.45) is 4.69. The first-order valence-corrected chi connectivity index (χ1v) is 4.89. The van der Waals surface area contributed by atoms with E-state index < -0.39 is 5.91 Å². The molecule has 14 heavy (non-hydrogen) atoms. The molecule has 5 nitrogen and oxygen atoms in total. The summed E-state index contributed by atoms with van der Waals surface area (Å²) in [4.78, 5) is 12.8. The summed E-state index contributed by atoms with van der Waals surface area (Å²) in [5, 5.41) is 0. The molecule has 1 aliphatic heterocycles. The molecule has 1 heterocycles. The van der Waals surface area contributed by atoms with Crippen molar-refractivity contribution < 1.29 is 9.53 Å². The van der Waals surface area contributed by atoms with Crippen molar-refractivity contribution in [2.75, 3.05) is 6.73 Å². The Morgan fingerprint density at radius 2 is 2.07 bits per heavy atom. The number of rotatable bonds is 2. The smallest absolute Gasteiger partial charge is 0.287 e. The van der Waals surface area contributed by atoms with Crippen molar-refractivity contribution in [2.45, 2.75) is 31.7 Å². The van der Waals surface area contributed by atoms with Gasteiger partial charge in [0.25, 0.3) is 5.91 Å². The third-order valence-electron chi connectivity index (χ3n) is 2.88. The van der Waals surface area contributed by atoms with E-state index in [0.717, 1.165) is 12.8 Å². The molecule has 5 heteroatoms. The Morgan fingerprint density at radius 1 is 1.43 bits per heavy atom. The molecular formula is C9H15N3O2. The van der Waals surface area contributed by atoms with Gasteiger partial charge in [0.05, 0.1) is 0 Å². The molecule has 0 spiro atoms. The molecular weight excluding hydrogens is 182 g/mol. The maximum absolute atomic E-state index is 10.9. The Bertz CT molecular complexity index is 282. The second-order valence-electron chi connectivity index (χ2n) is 3.76. The molecule has 2 rings (SSSR count). The van der Waals surface area contributed by atoms with Crippen molar-refractivity contribution >= 4 is 5.91 Å². The highest BCUT2D eigenvalue weighted by molar-refractivity contribution is 5.90. The lowest BCUT2D eigenvalue weighted by atomic mass is 10.2. The summed E-state index contributed by atoms with van der Waals surface area (Å²) in [5.41, 5.74) is 10.9. The lowest BCUT2D eigenvalue weighted by Crippen LogP contribution is -2.34. The topological polar surface area (TPSA) is 81.6 Å². The summed E-state index contributed by atoms with van der Waals surface area (Å²) < 4.78 is 5.16. The number of nitrogens with two attached hydrogens (primary N) is 2. The second kappa shape index (κ2) is 3.40. The Hall–Kier alpha value is -1.39. The lowest BCUT2D eigenvalue weighted by molar-refractivity contribution is -0.117. The molecule has 1 fully saturated rings. The van der Waals surface area contributed by atoms with Crippen LogP contribution in [0.15, 0.2) is 11.6 Å². The van der Waals surface area contributed by atoms with Crippen LogP contribution in [0.25, 0.3) is 0 Å². The standard InChI is InChI=1S/C9H15N3O2/c10-8-7(9(11)13)14-5-12(8)6-3-1-2-4-6/h6H,1-5,10H2,(H2,11,13). The molecule has 0 bridgehead atoms. The first-order chi connectivity index (χ1) is 6.70. The Balaban J connectivity index is 2.12. The van der Waals surface area contributed by atoms with E-state index in [2.05, 4.69) is 0 Å². The van der Waals surface area contributed by atoms with E-state index >= 15 is 0 Å². The fraction of sp³-hybridized carbons (Fsp3) is 0.667. The van der Waals surface area contributed by atoms with E-state index in [1.165, 1.54) is 12.8 Å². The average molecular weight is 197 g/mol. The van der Waals surface area contributed by atoms with Crippen LogP contribution in [-0.2, 0) is 9.53 Å². The highest BCUT2D eigenvalue weighted by Gasteiger charge is 2.32. The Labute approximate surface area is 82.7 Å². The molecule has 2 aliphatic rings. The molecule has 1 saturated carbocycles. The van der Waals surface area contributed by atoms with E-state index in [9.17, 15) is 4.79 Å². The van der Waals surface area contributed by atoms with Crippen LogP contribution in [0.2, 0.25) is 0 Å². The lowest BCUT2D eigenvalue weighted by Gasteiger charge is -2.24. The van der Waals surface area contributed by atoms with E-state index in [1.807, 2.05) is 4.90 Å². The van der Waals surface area contributed by atoms with Crippen molar-refractivity contribution in [3.8, 4) is 0 Å². The molecule has 0 radical (unpaired) electrons. The number of hydrogen-bond donors (Lipinski definition) is 2. The number of carbonyl (C=O) groups excluding carboxylic acids is 1. The molecule has 0 atom stereocenters. The zero-order chi connectivity index (χ0) is 10.1. The normalized spacial score (nSPS) is 23.0. The van der Waals surface area contributed by atoms with Gasteiger partial charge in [0, 0.05) is 6.04 Å². The highest BCUT2D eigenvalue weighted by Crippen LogP contribution is 2.28. The number of carbonyl (C=O) groups is 1. The van der Waals surface area contributed by atoms with E-state index in [-0.39, 0.29) is 5.76 Å². The predicted octanol–water partition coefficient (Wildman–Crippen LogP) is -0.168. The van der Waals surface area contributed by atoms with Gasteiger partial charge in [-0.15, -0.1) is 0 Å². The summed E-state index contributed by atoms with van der Waals surface area (Å²) in [6, 6.07) is 0.423. The fourth-order valence-corrected chi connectivity index (χ4v) is 2.12. The van der Waals surface area contributed by atoms with Crippen molar-refractivity contribution in [1.82, 2.24) is 4.90 Å². The van der Waals surface area contributed by atoms with Crippen molar-refractivity contribution in [3.63, 3.8) is 0 Å². The summed E-state index contributed by atoms with van der Waals surface area (Å²) in [6.45, 7) is 0.370. The van der Waals surface area contributed by atoms with Gasteiger partial charge in [-0.25, -0.2) is 0 Å².